The van der Waals surface area contributed by atoms with Crippen LogP contribution in [0.1, 0.15) is 18.6 Å². The molecule has 0 bridgehead atoms. The third kappa shape index (κ3) is 1.99. The summed E-state index contributed by atoms with van der Waals surface area (Å²) >= 11 is 1.40. The van der Waals surface area contributed by atoms with E-state index in [0.717, 1.165) is 16.0 Å². The van der Waals surface area contributed by atoms with Crippen molar-refractivity contribution in [1.29, 1.82) is 0 Å². The van der Waals surface area contributed by atoms with Crippen LogP contribution in [0, 0.1) is 0 Å². The van der Waals surface area contributed by atoms with Crippen molar-refractivity contribution < 1.29 is 5.11 Å². The molecule has 96 valence electrons. The van der Waals surface area contributed by atoms with Crippen molar-refractivity contribution in [3.8, 4) is 5.69 Å². The number of benzene rings is 2. The van der Waals surface area contributed by atoms with Crippen LogP contribution < -0.4 is 5.56 Å². The minimum atomic E-state index is -0.603. The molecule has 3 aromatic rings. The molecule has 0 spiro atoms. The Balaban J connectivity index is 2.31. The molecule has 0 aliphatic heterocycles. The first kappa shape index (κ1) is 12.1. The van der Waals surface area contributed by atoms with Gasteiger partial charge in [-0.25, -0.2) is 3.96 Å². The monoisotopic (exact) mass is 271 g/mol. The Kier molecular flexibility index (Phi) is 2.97. The number of aromatic nitrogens is 1. The Morgan fingerprint density at radius 3 is 2.53 bits per heavy atom. The van der Waals surface area contributed by atoms with Crippen molar-refractivity contribution >= 4 is 21.6 Å². The molecule has 3 rings (SSSR count). The summed E-state index contributed by atoms with van der Waals surface area (Å²) in [6, 6.07) is 15.0. The second kappa shape index (κ2) is 4.64. The molecule has 0 amide bonds. The van der Waals surface area contributed by atoms with E-state index in [-0.39, 0.29) is 5.56 Å². The van der Waals surface area contributed by atoms with Gasteiger partial charge in [-0.15, -0.1) is 0 Å². The third-order valence-electron chi connectivity index (χ3n) is 3.10. The Morgan fingerprint density at radius 1 is 1.11 bits per heavy atom. The van der Waals surface area contributed by atoms with Crippen LogP contribution in [0.5, 0.6) is 0 Å². The van der Waals surface area contributed by atoms with Gasteiger partial charge in [-0.1, -0.05) is 41.9 Å². The van der Waals surface area contributed by atoms with E-state index in [4.69, 9.17) is 0 Å². The van der Waals surface area contributed by atoms with Crippen molar-refractivity contribution in [1.82, 2.24) is 3.96 Å². The average Bonchev–Trinajstić information content (AvgIpc) is 2.76. The molecule has 0 aliphatic carbocycles. The summed E-state index contributed by atoms with van der Waals surface area (Å²) in [6.45, 7) is 1.71. The molecule has 0 fully saturated rings. The maximum atomic E-state index is 12.4. The highest BCUT2D eigenvalue weighted by Gasteiger charge is 2.13. The molecular formula is C15H13NO2S. The van der Waals surface area contributed by atoms with Gasteiger partial charge in [0.05, 0.1) is 21.9 Å². The van der Waals surface area contributed by atoms with Gasteiger partial charge in [0.2, 0.25) is 0 Å². The van der Waals surface area contributed by atoms with E-state index in [0.29, 0.717) is 5.39 Å². The molecule has 1 aromatic heterocycles. The fourth-order valence-corrected chi connectivity index (χ4v) is 3.19. The zero-order valence-electron chi connectivity index (χ0n) is 10.4. The number of hydrogen-bond acceptors (Lipinski definition) is 3. The standard InChI is InChI=1S/C15H13NO2S/c1-10(17)11-6-2-4-8-13(11)16-15(18)12-7-3-5-9-14(12)19-16/h2-10,17H,1H3. The van der Waals surface area contributed by atoms with Crippen LogP contribution in [0.3, 0.4) is 0 Å². The number of aliphatic hydroxyl groups is 1. The molecule has 19 heavy (non-hydrogen) atoms. The summed E-state index contributed by atoms with van der Waals surface area (Å²) in [6.07, 6.45) is -0.603. The van der Waals surface area contributed by atoms with Crippen LogP contribution in [0.25, 0.3) is 15.8 Å². The molecule has 1 atom stereocenters. The molecule has 0 radical (unpaired) electrons. The highest BCUT2D eigenvalue weighted by molar-refractivity contribution is 7.14. The largest absolute Gasteiger partial charge is 0.389 e. The number of fused-ring (bicyclic) bond motifs is 1. The lowest BCUT2D eigenvalue weighted by molar-refractivity contribution is 0.199. The molecule has 2 aromatic carbocycles. The molecule has 1 unspecified atom stereocenters. The maximum Gasteiger partial charge on any atom is 0.273 e. The number of hydrogen-bond donors (Lipinski definition) is 1. The van der Waals surface area contributed by atoms with Gasteiger partial charge in [0.15, 0.2) is 0 Å². The van der Waals surface area contributed by atoms with Gasteiger partial charge in [-0.05, 0) is 25.1 Å². The Morgan fingerprint density at radius 2 is 1.79 bits per heavy atom. The first-order valence-corrected chi connectivity index (χ1v) is 6.84. The van der Waals surface area contributed by atoms with E-state index in [2.05, 4.69) is 0 Å². The summed E-state index contributed by atoms with van der Waals surface area (Å²) in [5.74, 6) is 0. The first-order chi connectivity index (χ1) is 9.18. The predicted octanol–water partition coefficient (Wildman–Crippen LogP) is 3.11. The first-order valence-electron chi connectivity index (χ1n) is 6.07. The van der Waals surface area contributed by atoms with Gasteiger partial charge in [-0.2, -0.15) is 0 Å². The van der Waals surface area contributed by atoms with Crippen LogP contribution in [0.2, 0.25) is 0 Å². The topological polar surface area (TPSA) is 42.2 Å². The molecule has 1 heterocycles. The highest BCUT2D eigenvalue weighted by Crippen LogP contribution is 2.25. The SMILES string of the molecule is CC(O)c1ccccc1-n1sc2ccccc2c1=O. The zero-order chi connectivity index (χ0) is 13.4. The van der Waals surface area contributed by atoms with Crippen LogP contribution in [-0.2, 0) is 0 Å². The lowest BCUT2D eigenvalue weighted by atomic mass is 10.1. The molecule has 1 N–H and O–H groups in total. The van der Waals surface area contributed by atoms with E-state index in [1.54, 1.807) is 10.9 Å². The summed E-state index contributed by atoms with van der Waals surface area (Å²) in [4.78, 5) is 12.4. The van der Waals surface area contributed by atoms with Gasteiger partial charge < -0.3 is 5.11 Å². The number of aliphatic hydroxyl groups excluding tert-OH is 1. The van der Waals surface area contributed by atoms with Crippen LogP contribution in [0.15, 0.2) is 53.3 Å². The Bertz CT molecular complexity index is 786. The van der Waals surface area contributed by atoms with Crippen molar-refractivity contribution in [2.75, 3.05) is 0 Å². The van der Waals surface area contributed by atoms with Crippen molar-refractivity contribution in [2.45, 2.75) is 13.0 Å². The van der Waals surface area contributed by atoms with Crippen LogP contribution in [0.4, 0.5) is 0 Å². The fourth-order valence-electron chi connectivity index (χ4n) is 2.16. The van der Waals surface area contributed by atoms with Gasteiger partial charge in [0, 0.05) is 5.56 Å². The number of rotatable bonds is 2. The fraction of sp³-hybridized carbons (Fsp3) is 0.133. The van der Waals surface area contributed by atoms with Crippen LogP contribution >= 0.6 is 11.5 Å². The van der Waals surface area contributed by atoms with E-state index >= 15 is 0 Å². The second-order valence-electron chi connectivity index (χ2n) is 4.42. The van der Waals surface area contributed by atoms with Gasteiger partial charge in [0.25, 0.3) is 5.56 Å². The lowest BCUT2D eigenvalue weighted by Gasteiger charge is -2.10. The normalized spacial score (nSPS) is 12.7. The van der Waals surface area contributed by atoms with E-state index < -0.39 is 6.10 Å². The Hall–Kier alpha value is -1.91. The lowest BCUT2D eigenvalue weighted by Crippen LogP contribution is -2.13. The zero-order valence-corrected chi connectivity index (χ0v) is 11.2. The van der Waals surface area contributed by atoms with Gasteiger partial charge in [-0.3, -0.25) is 4.79 Å². The van der Waals surface area contributed by atoms with Crippen molar-refractivity contribution in [3.05, 3.63) is 64.4 Å². The van der Waals surface area contributed by atoms with E-state index in [1.165, 1.54) is 11.5 Å². The second-order valence-corrected chi connectivity index (χ2v) is 5.41. The smallest absolute Gasteiger partial charge is 0.273 e. The maximum absolute atomic E-state index is 12.4. The quantitative estimate of drug-likeness (QED) is 0.778. The molecule has 4 heteroatoms. The minimum absolute atomic E-state index is 0.0336. The molecule has 0 saturated heterocycles. The average molecular weight is 271 g/mol. The van der Waals surface area contributed by atoms with Gasteiger partial charge >= 0.3 is 0 Å². The van der Waals surface area contributed by atoms with E-state index in [1.807, 2.05) is 48.5 Å². The minimum Gasteiger partial charge on any atom is -0.389 e. The van der Waals surface area contributed by atoms with E-state index in [9.17, 15) is 9.90 Å². The summed E-state index contributed by atoms with van der Waals surface area (Å²) < 4.78 is 2.60. The third-order valence-corrected chi connectivity index (χ3v) is 4.19. The summed E-state index contributed by atoms with van der Waals surface area (Å²) in [5, 5.41) is 10.5. The Labute approximate surface area is 114 Å². The number of nitrogens with zero attached hydrogens (tertiary/aromatic N) is 1. The van der Waals surface area contributed by atoms with Gasteiger partial charge in [0.1, 0.15) is 0 Å². The summed E-state index contributed by atoms with van der Waals surface area (Å²) in [7, 11) is 0. The van der Waals surface area contributed by atoms with Crippen molar-refractivity contribution in [3.63, 3.8) is 0 Å². The summed E-state index contributed by atoms with van der Waals surface area (Å²) in [5.41, 5.74) is 1.48. The van der Waals surface area contributed by atoms with Crippen LogP contribution in [-0.4, -0.2) is 9.06 Å². The highest BCUT2D eigenvalue weighted by atomic mass is 32.1. The molecular weight excluding hydrogens is 258 g/mol. The number of para-hydroxylation sites is 1. The molecule has 0 aliphatic rings. The molecule has 3 nitrogen and oxygen atoms in total. The molecule has 0 saturated carbocycles. The van der Waals surface area contributed by atoms with Crippen molar-refractivity contribution in [2.24, 2.45) is 0 Å². The predicted molar refractivity (Wildman–Crippen MR) is 78.1 cm³/mol.